The number of rotatable bonds is 14. The first-order valence-corrected chi connectivity index (χ1v) is 8.42. The van der Waals surface area contributed by atoms with Gasteiger partial charge in [-0.05, 0) is 25.7 Å². The minimum Gasteiger partial charge on any atom is -0.549 e. The van der Waals surface area contributed by atoms with Crippen molar-refractivity contribution in [1.29, 1.82) is 0 Å². The van der Waals surface area contributed by atoms with E-state index in [1.165, 1.54) is 38.5 Å². The third-order valence-electron chi connectivity index (χ3n) is 3.36. The van der Waals surface area contributed by atoms with E-state index in [0.717, 1.165) is 12.8 Å². The number of aliphatic carboxylic acids is 1. The largest absolute Gasteiger partial charge is 1.00 e. The second kappa shape index (κ2) is 19.6. The first kappa shape index (κ1) is 24.8. The standard InChI is InChI=1S/C18H33NO2.K/c1-3-5-7-9-11-13-15-19(17-18(20)21)16-14-12-10-8-6-4-2;/h11-14H,3-10,15-17H2,1-2H3,(H,20,21);/q;+1/p-1/b13-11+,14-12+;. The van der Waals surface area contributed by atoms with Crippen LogP contribution in [-0.2, 0) is 4.79 Å². The molecule has 0 aliphatic rings. The molecule has 0 saturated heterocycles. The van der Waals surface area contributed by atoms with Gasteiger partial charge < -0.3 is 9.90 Å². The van der Waals surface area contributed by atoms with Gasteiger partial charge in [-0.3, -0.25) is 4.90 Å². The van der Waals surface area contributed by atoms with Crippen LogP contribution in [0.2, 0.25) is 0 Å². The predicted molar refractivity (Wildman–Crippen MR) is 88.0 cm³/mol. The summed E-state index contributed by atoms with van der Waals surface area (Å²) < 4.78 is 0. The number of unbranched alkanes of at least 4 members (excludes halogenated alkanes) is 6. The molecule has 0 aromatic carbocycles. The van der Waals surface area contributed by atoms with Crippen LogP contribution in [0.1, 0.15) is 65.2 Å². The normalized spacial score (nSPS) is 11.4. The van der Waals surface area contributed by atoms with Gasteiger partial charge in [0.2, 0.25) is 0 Å². The molecule has 0 rings (SSSR count). The van der Waals surface area contributed by atoms with Crippen molar-refractivity contribution in [2.24, 2.45) is 0 Å². The van der Waals surface area contributed by atoms with Crippen molar-refractivity contribution in [3.63, 3.8) is 0 Å². The molecule has 0 spiro atoms. The van der Waals surface area contributed by atoms with Gasteiger partial charge >= 0.3 is 51.4 Å². The Morgan fingerprint density at radius 1 is 0.864 bits per heavy atom. The van der Waals surface area contributed by atoms with Gasteiger partial charge in [-0.25, -0.2) is 0 Å². The van der Waals surface area contributed by atoms with E-state index in [-0.39, 0.29) is 57.9 Å². The van der Waals surface area contributed by atoms with Gasteiger partial charge in [0.25, 0.3) is 0 Å². The summed E-state index contributed by atoms with van der Waals surface area (Å²) in [6.07, 6.45) is 18.0. The molecule has 0 bridgehead atoms. The van der Waals surface area contributed by atoms with Gasteiger partial charge in [0.05, 0.1) is 5.97 Å². The van der Waals surface area contributed by atoms with Crippen molar-refractivity contribution in [3.8, 4) is 0 Å². The van der Waals surface area contributed by atoms with Crippen LogP contribution >= 0.6 is 0 Å². The van der Waals surface area contributed by atoms with E-state index in [1.54, 1.807) is 0 Å². The minimum absolute atomic E-state index is 0. The quantitative estimate of drug-likeness (QED) is 0.261. The van der Waals surface area contributed by atoms with E-state index in [0.29, 0.717) is 13.1 Å². The maximum absolute atomic E-state index is 10.8. The minimum atomic E-state index is -1.01. The molecule has 0 fully saturated rings. The molecule has 0 aliphatic heterocycles. The number of carboxylic acids is 1. The zero-order valence-electron chi connectivity index (χ0n) is 14.9. The summed E-state index contributed by atoms with van der Waals surface area (Å²) >= 11 is 0. The summed E-state index contributed by atoms with van der Waals surface area (Å²) in [5.41, 5.74) is 0. The summed E-state index contributed by atoms with van der Waals surface area (Å²) in [4.78, 5) is 12.6. The Bertz CT molecular complexity index is 281. The van der Waals surface area contributed by atoms with E-state index in [1.807, 2.05) is 4.90 Å². The first-order chi connectivity index (χ1) is 10.2. The molecule has 0 aromatic rings. The summed E-state index contributed by atoms with van der Waals surface area (Å²) in [6, 6.07) is 0. The van der Waals surface area contributed by atoms with Crippen LogP contribution in [0, 0.1) is 0 Å². The molecule has 0 unspecified atom stereocenters. The molecule has 0 heterocycles. The van der Waals surface area contributed by atoms with Crippen LogP contribution in [-0.4, -0.2) is 30.5 Å². The fraction of sp³-hybridized carbons (Fsp3) is 0.722. The van der Waals surface area contributed by atoms with E-state index in [4.69, 9.17) is 0 Å². The fourth-order valence-corrected chi connectivity index (χ4v) is 2.09. The first-order valence-electron chi connectivity index (χ1n) is 8.42. The van der Waals surface area contributed by atoms with Crippen molar-refractivity contribution in [3.05, 3.63) is 24.3 Å². The van der Waals surface area contributed by atoms with E-state index in [9.17, 15) is 9.90 Å². The molecule has 122 valence electrons. The van der Waals surface area contributed by atoms with Crippen molar-refractivity contribution in [1.82, 2.24) is 4.90 Å². The average Bonchev–Trinajstić information content (AvgIpc) is 2.45. The van der Waals surface area contributed by atoms with E-state index in [2.05, 4.69) is 38.2 Å². The number of allylic oxidation sites excluding steroid dienone is 2. The van der Waals surface area contributed by atoms with Gasteiger partial charge in [0, 0.05) is 19.6 Å². The average molecular weight is 334 g/mol. The van der Waals surface area contributed by atoms with Crippen molar-refractivity contribution < 1.29 is 61.3 Å². The maximum atomic E-state index is 10.8. The number of hydrogen-bond acceptors (Lipinski definition) is 3. The van der Waals surface area contributed by atoms with Crippen molar-refractivity contribution in [2.45, 2.75) is 65.2 Å². The monoisotopic (exact) mass is 333 g/mol. The number of nitrogens with zero attached hydrogens (tertiary/aromatic N) is 1. The summed E-state index contributed by atoms with van der Waals surface area (Å²) in [6.45, 7) is 5.74. The summed E-state index contributed by atoms with van der Waals surface area (Å²) in [5.74, 6) is -1.01. The molecule has 0 atom stereocenters. The smallest absolute Gasteiger partial charge is 0.549 e. The number of carboxylic acid groups (broad SMARTS) is 1. The molecule has 0 aromatic heterocycles. The summed E-state index contributed by atoms with van der Waals surface area (Å²) in [5, 5.41) is 10.8. The fourth-order valence-electron chi connectivity index (χ4n) is 2.09. The Labute approximate surface area is 179 Å². The molecule has 0 N–H and O–H groups in total. The van der Waals surface area contributed by atoms with Gasteiger partial charge in [0.1, 0.15) is 0 Å². The second-order valence-electron chi connectivity index (χ2n) is 5.50. The van der Waals surface area contributed by atoms with Gasteiger partial charge in [0.15, 0.2) is 0 Å². The van der Waals surface area contributed by atoms with E-state index >= 15 is 0 Å². The SMILES string of the molecule is CCCCC/C=C/CN(C/C=C/CCCCC)CC(=O)[O-].[K+]. The third-order valence-corrected chi connectivity index (χ3v) is 3.36. The number of carbonyl (C=O) groups is 1. The molecule has 3 nitrogen and oxygen atoms in total. The Morgan fingerprint density at radius 3 is 1.68 bits per heavy atom. The zero-order valence-corrected chi connectivity index (χ0v) is 18.0. The molecule has 0 amide bonds. The maximum Gasteiger partial charge on any atom is 1.00 e. The van der Waals surface area contributed by atoms with Gasteiger partial charge in [-0.1, -0.05) is 63.8 Å². The van der Waals surface area contributed by atoms with E-state index < -0.39 is 5.97 Å². The van der Waals surface area contributed by atoms with Crippen molar-refractivity contribution >= 4 is 5.97 Å². The second-order valence-corrected chi connectivity index (χ2v) is 5.50. The predicted octanol–water partition coefficient (Wildman–Crippen LogP) is 0.315. The molecular formula is C18H32KNO2. The van der Waals surface area contributed by atoms with Crippen molar-refractivity contribution in [2.75, 3.05) is 19.6 Å². The Hall–Kier alpha value is 0.546. The molecule has 22 heavy (non-hydrogen) atoms. The molecule has 0 radical (unpaired) electrons. The topological polar surface area (TPSA) is 43.4 Å². The van der Waals surface area contributed by atoms with Crippen LogP contribution in [0.5, 0.6) is 0 Å². The van der Waals surface area contributed by atoms with Crippen LogP contribution in [0.15, 0.2) is 24.3 Å². The number of hydrogen-bond donors (Lipinski definition) is 0. The Balaban J connectivity index is 0. The van der Waals surface area contributed by atoms with Crippen LogP contribution in [0.25, 0.3) is 0 Å². The molecule has 0 aliphatic carbocycles. The van der Waals surface area contributed by atoms with Gasteiger partial charge in [-0.15, -0.1) is 0 Å². The third kappa shape index (κ3) is 18.6. The molecular weight excluding hydrogens is 301 g/mol. The molecule has 0 saturated carbocycles. The van der Waals surface area contributed by atoms with Crippen LogP contribution < -0.4 is 56.5 Å². The van der Waals surface area contributed by atoms with Gasteiger partial charge in [-0.2, -0.15) is 0 Å². The Morgan fingerprint density at radius 2 is 1.32 bits per heavy atom. The Kier molecular flexibility index (Phi) is 22.1. The number of carbonyl (C=O) groups excluding carboxylic acids is 1. The molecule has 4 heteroatoms. The summed E-state index contributed by atoms with van der Waals surface area (Å²) in [7, 11) is 0. The zero-order chi connectivity index (χ0) is 15.8. The van der Waals surface area contributed by atoms with Crippen LogP contribution in [0.3, 0.4) is 0 Å². The van der Waals surface area contributed by atoms with Crippen LogP contribution in [0.4, 0.5) is 0 Å².